The molecule has 3 rings (SSSR count). The van der Waals surface area contributed by atoms with E-state index in [2.05, 4.69) is 0 Å². The van der Waals surface area contributed by atoms with Crippen LogP contribution in [0.15, 0.2) is 72.8 Å². The number of rotatable bonds is 7. The number of methoxy groups -OCH3 is 2. The number of carbonyl (C=O) groups is 2. The van der Waals surface area contributed by atoms with Crippen LogP contribution in [0, 0.1) is 0 Å². The number of hydrogen-bond acceptors (Lipinski definition) is 5. The number of allylic oxidation sites excluding steroid dienone is 1. The van der Waals surface area contributed by atoms with Gasteiger partial charge in [0.1, 0.15) is 17.2 Å². The van der Waals surface area contributed by atoms with Crippen LogP contribution in [0.4, 0.5) is 0 Å². The molecule has 0 N–H and O–H groups in total. The van der Waals surface area contributed by atoms with E-state index < -0.39 is 5.97 Å². The van der Waals surface area contributed by atoms with Crippen molar-refractivity contribution in [1.82, 2.24) is 0 Å². The van der Waals surface area contributed by atoms with Crippen molar-refractivity contribution in [3.8, 4) is 17.2 Å². The predicted molar refractivity (Wildman–Crippen MR) is 116 cm³/mol. The molecule has 30 heavy (non-hydrogen) atoms. The number of hydrogen-bond donors (Lipinski definition) is 0. The molecule has 0 radical (unpaired) electrons. The fraction of sp³-hybridized carbons (Fsp3) is 0.0833. The Hall–Kier alpha value is -3.57. The lowest BCUT2D eigenvalue weighted by Gasteiger charge is -2.08. The van der Waals surface area contributed by atoms with Crippen molar-refractivity contribution in [3.05, 3.63) is 94.5 Å². The molecule has 0 atom stereocenters. The zero-order chi connectivity index (χ0) is 21.5. The van der Waals surface area contributed by atoms with E-state index in [4.69, 9.17) is 25.8 Å². The molecule has 0 aliphatic heterocycles. The van der Waals surface area contributed by atoms with Crippen molar-refractivity contribution in [1.29, 1.82) is 0 Å². The van der Waals surface area contributed by atoms with Crippen LogP contribution in [-0.4, -0.2) is 26.0 Å². The Kier molecular flexibility index (Phi) is 6.88. The highest BCUT2D eigenvalue weighted by molar-refractivity contribution is 6.30. The van der Waals surface area contributed by atoms with Crippen molar-refractivity contribution < 1.29 is 23.8 Å². The van der Waals surface area contributed by atoms with Crippen molar-refractivity contribution in [2.45, 2.75) is 0 Å². The maximum atomic E-state index is 12.5. The van der Waals surface area contributed by atoms with Gasteiger partial charge in [-0.05, 0) is 60.2 Å². The van der Waals surface area contributed by atoms with Gasteiger partial charge < -0.3 is 14.2 Å². The first-order valence-corrected chi connectivity index (χ1v) is 9.40. The number of benzene rings is 3. The van der Waals surface area contributed by atoms with Gasteiger partial charge in [0.15, 0.2) is 5.78 Å². The number of carbonyl (C=O) groups excluding carboxylic acids is 2. The zero-order valence-corrected chi connectivity index (χ0v) is 17.2. The van der Waals surface area contributed by atoms with Gasteiger partial charge in [-0.1, -0.05) is 29.8 Å². The molecule has 3 aromatic rings. The third-order valence-electron chi connectivity index (χ3n) is 4.27. The van der Waals surface area contributed by atoms with Gasteiger partial charge in [-0.3, -0.25) is 4.79 Å². The largest absolute Gasteiger partial charge is 0.497 e. The quantitative estimate of drug-likeness (QED) is 0.218. The van der Waals surface area contributed by atoms with Gasteiger partial charge in [-0.2, -0.15) is 0 Å². The summed E-state index contributed by atoms with van der Waals surface area (Å²) in [5.41, 5.74) is 1.62. The fourth-order valence-corrected chi connectivity index (χ4v) is 2.79. The molecule has 3 aromatic carbocycles. The van der Waals surface area contributed by atoms with E-state index >= 15 is 0 Å². The summed E-state index contributed by atoms with van der Waals surface area (Å²) in [6, 6.07) is 18.3. The Bertz CT molecular complexity index is 1070. The van der Waals surface area contributed by atoms with Crippen LogP contribution in [0.25, 0.3) is 6.08 Å². The third-order valence-corrected chi connectivity index (χ3v) is 4.52. The first-order chi connectivity index (χ1) is 14.5. The molecule has 0 saturated carbocycles. The predicted octanol–water partition coefficient (Wildman–Crippen LogP) is 5.47. The summed E-state index contributed by atoms with van der Waals surface area (Å²) in [4.78, 5) is 24.6. The van der Waals surface area contributed by atoms with E-state index in [-0.39, 0.29) is 5.78 Å². The van der Waals surface area contributed by atoms with Crippen LogP contribution in [0.5, 0.6) is 17.2 Å². The number of ether oxygens (including phenoxy) is 3. The van der Waals surface area contributed by atoms with Crippen LogP contribution in [0.2, 0.25) is 5.02 Å². The first-order valence-electron chi connectivity index (χ1n) is 9.02. The number of ketones is 1. The smallest absolute Gasteiger partial charge is 0.343 e. The lowest BCUT2D eigenvalue weighted by atomic mass is 10.1. The monoisotopic (exact) mass is 422 g/mol. The Balaban J connectivity index is 1.66. The molecule has 0 aliphatic carbocycles. The van der Waals surface area contributed by atoms with Gasteiger partial charge in [0, 0.05) is 11.1 Å². The third kappa shape index (κ3) is 5.27. The lowest BCUT2D eigenvalue weighted by Crippen LogP contribution is -2.08. The topological polar surface area (TPSA) is 61.8 Å². The van der Waals surface area contributed by atoms with E-state index in [0.29, 0.717) is 33.4 Å². The summed E-state index contributed by atoms with van der Waals surface area (Å²) in [6.45, 7) is 0. The van der Waals surface area contributed by atoms with Crippen LogP contribution < -0.4 is 14.2 Å². The minimum absolute atomic E-state index is 0.201. The number of esters is 1. The van der Waals surface area contributed by atoms with Gasteiger partial charge in [-0.15, -0.1) is 0 Å². The van der Waals surface area contributed by atoms with Crippen LogP contribution in [0.3, 0.4) is 0 Å². The Morgan fingerprint density at radius 3 is 2.13 bits per heavy atom. The van der Waals surface area contributed by atoms with E-state index in [1.165, 1.54) is 13.2 Å². The van der Waals surface area contributed by atoms with E-state index in [9.17, 15) is 9.59 Å². The number of halogens is 1. The molecule has 0 unspecified atom stereocenters. The molecule has 0 spiro atoms. The summed E-state index contributed by atoms with van der Waals surface area (Å²) in [5, 5.41) is 0.546. The SMILES string of the molecule is COc1ccc(C(=O)/C=C/c2ccc(OC(=O)c3ccc(Cl)cc3)cc2)c(OC)c1. The van der Waals surface area contributed by atoms with Crippen molar-refractivity contribution in [3.63, 3.8) is 0 Å². The second kappa shape index (κ2) is 9.76. The second-order valence-corrected chi connectivity index (χ2v) is 6.67. The second-order valence-electron chi connectivity index (χ2n) is 6.23. The van der Waals surface area contributed by atoms with Gasteiger partial charge in [0.25, 0.3) is 0 Å². The van der Waals surface area contributed by atoms with Crippen molar-refractivity contribution in [2.75, 3.05) is 14.2 Å². The molecular weight excluding hydrogens is 404 g/mol. The van der Waals surface area contributed by atoms with Gasteiger partial charge >= 0.3 is 5.97 Å². The Morgan fingerprint density at radius 2 is 1.50 bits per heavy atom. The average molecular weight is 423 g/mol. The molecule has 6 heteroatoms. The van der Waals surface area contributed by atoms with E-state index in [1.54, 1.807) is 79.9 Å². The summed E-state index contributed by atoms with van der Waals surface area (Å²) in [5.74, 6) is 0.768. The van der Waals surface area contributed by atoms with Gasteiger partial charge in [0.2, 0.25) is 0 Å². The lowest BCUT2D eigenvalue weighted by molar-refractivity contribution is 0.0734. The van der Waals surface area contributed by atoms with Gasteiger partial charge in [-0.25, -0.2) is 4.79 Å². The summed E-state index contributed by atoms with van der Waals surface area (Å²) in [6.07, 6.45) is 3.13. The average Bonchev–Trinajstić information content (AvgIpc) is 2.78. The fourth-order valence-electron chi connectivity index (χ4n) is 2.66. The normalized spacial score (nSPS) is 10.6. The van der Waals surface area contributed by atoms with Crippen molar-refractivity contribution >= 4 is 29.4 Å². The molecule has 0 fully saturated rings. The molecular formula is C24H19ClO5. The molecule has 0 aromatic heterocycles. The Morgan fingerprint density at radius 1 is 0.833 bits per heavy atom. The highest BCUT2D eigenvalue weighted by Crippen LogP contribution is 2.25. The Labute approximate surface area is 179 Å². The molecule has 0 aliphatic rings. The maximum absolute atomic E-state index is 12.5. The first kappa shape index (κ1) is 21.1. The minimum atomic E-state index is -0.475. The molecule has 0 amide bonds. The highest BCUT2D eigenvalue weighted by Gasteiger charge is 2.11. The van der Waals surface area contributed by atoms with E-state index in [0.717, 1.165) is 5.56 Å². The van der Waals surface area contributed by atoms with E-state index in [1.807, 2.05) is 0 Å². The molecule has 0 saturated heterocycles. The van der Waals surface area contributed by atoms with Crippen LogP contribution in [-0.2, 0) is 0 Å². The van der Waals surface area contributed by atoms with Crippen LogP contribution in [0.1, 0.15) is 26.3 Å². The minimum Gasteiger partial charge on any atom is -0.497 e. The van der Waals surface area contributed by atoms with Crippen molar-refractivity contribution in [2.24, 2.45) is 0 Å². The summed E-state index contributed by atoms with van der Waals surface area (Å²) >= 11 is 5.82. The zero-order valence-electron chi connectivity index (χ0n) is 16.4. The standard InChI is InChI=1S/C24H19ClO5/c1-28-20-12-13-21(23(15-20)29-2)22(26)14-5-16-3-10-19(11-4-16)30-24(27)17-6-8-18(25)9-7-17/h3-15H,1-2H3/b14-5+. The van der Waals surface area contributed by atoms with Gasteiger partial charge in [0.05, 0.1) is 25.3 Å². The highest BCUT2D eigenvalue weighted by atomic mass is 35.5. The maximum Gasteiger partial charge on any atom is 0.343 e. The molecule has 5 nitrogen and oxygen atoms in total. The summed E-state index contributed by atoms with van der Waals surface area (Å²) < 4.78 is 15.7. The molecule has 152 valence electrons. The summed E-state index contributed by atoms with van der Waals surface area (Å²) in [7, 11) is 3.05. The van der Waals surface area contributed by atoms with Crippen LogP contribution >= 0.6 is 11.6 Å². The molecule has 0 bridgehead atoms. The molecule has 0 heterocycles.